The maximum atomic E-state index is 12.9. The van der Waals surface area contributed by atoms with Crippen LogP contribution in [0.4, 0.5) is 24.5 Å². The van der Waals surface area contributed by atoms with Crippen molar-refractivity contribution < 1.29 is 18.0 Å². The Hall–Kier alpha value is -2.21. The molecule has 0 bridgehead atoms. The third-order valence-electron chi connectivity index (χ3n) is 3.02. The highest BCUT2D eigenvalue weighted by atomic mass is 35.5. The third-order valence-corrected chi connectivity index (χ3v) is 3.25. The molecule has 0 fully saturated rings. The van der Waals surface area contributed by atoms with E-state index in [-0.39, 0.29) is 17.1 Å². The van der Waals surface area contributed by atoms with Crippen LogP contribution in [0.3, 0.4) is 0 Å². The van der Waals surface area contributed by atoms with Gasteiger partial charge in [0.15, 0.2) is 0 Å². The van der Waals surface area contributed by atoms with Crippen molar-refractivity contribution in [2.24, 2.45) is 0 Å². The molecule has 2 N–H and O–H groups in total. The Morgan fingerprint density at radius 2 is 1.78 bits per heavy atom. The normalized spacial score (nSPS) is 11.1. The van der Waals surface area contributed by atoms with E-state index in [9.17, 15) is 18.0 Å². The molecule has 122 valence electrons. The molecule has 2 aromatic rings. The molecule has 0 saturated carbocycles. The lowest BCUT2D eigenvalue weighted by molar-refractivity contribution is -0.137. The average Bonchev–Trinajstić information content (AvgIpc) is 2.49. The zero-order valence-electron chi connectivity index (χ0n) is 12.0. The maximum absolute atomic E-state index is 12.9. The summed E-state index contributed by atoms with van der Waals surface area (Å²) in [4.78, 5) is 11.8. The van der Waals surface area contributed by atoms with E-state index in [0.29, 0.717) is 6.54 Å². The van der Waals surface area contributed by atoms with E-state index in [1.165, 1.54) is 6.07 Å². The quantitative estimate of drug-likeness (QED) is 0.819. The molecular formula is C16H14ClF3N2O. The highest BCUT2D eigenvalue weighted by molar-refractivity contribution is 6.30. The molecule has 23 heavy (non-hydrogen) atoms. The van der Waals surface area contributed by atoms with Gasteiger partial charge in [0, 0.05) is 23.7 Å². The van der Waals surface area contributed by atoms with Crippen molar-refractivity contribution in [1.29, 1.82) is 0 Å². The van der Waals surface area contributed by atoms with Gasteiger partial charge in [0.05, 0.1) is 11.3 Å². The molecular weight excluding hydrogens is 329 g/mol. The van der Waals surface area contributed by atoms with Crippen molar-refractivity contribution >= 4 is 28.9 Å². The molecule has 0 radical (unpaired) electrons. The second kappa shape index (κ2) is 7.37. The fourth-order valence-electron chi connectivity index (χ4n) is 1.95. The van der Waals surface area contributed by atoms with Crippen molar-refractivity contribution in [3.63, 3.8) is 0 Å². The molecule has 0 aliphatic rings. The molecule has 0 heterocycles. The number of para-hydroxylation sites is 1. The Morgan fingerprint density at radius 1 is 1.09 bits per heavy atom. The molecule has 7 heteroatoms. The van der Waals surface area contributed by atoms with Crippen LogP contribution < -0.4 is 10.6 Å². The minimum atomic E-state index is -4.59. The van der Waals surface area contributed by atoms with Crippen LogP contribution >= 0.6 is 11.6 Å². The largest absolute Gasteiger partial charge is 0.418 e. The minimum absolute atomic E-state index is 0.0365. The number of carbonyl (C=O) groups is 1. The lowest BCUT2D eigenvalue weighted by atomic mass is 10.1. The first-order valence-corrected chi connectivity index (χ1v) is 7.19. The number of rotatable bonds is 5. The summed E-state index contributed by atoms with van der Waals surface area (Å²) in [6.07, 6.45) is -4.55. The van der Waals surface area contributed by atoms with E-state index in [0.717, 1.165) is 17.8 Å². The van der Waals surface area contributed by atoms with Crippen LogP contribution in [-0.2, 0) is 11.0 Å². The highest BCUT2D eigenvalue weighted by Gasteiger charge is 2.34. The van der Waals surface area contributed by atoms with Gasteiger partial charge in [-0.05, 0) is 30.3 Å². The molecule has 2 rings (SSSR count). The first kappa shape index (κ1) is 17.1. The summed E-state index contributed by atoms with van der Waals surface area (Å²) < 4.78 is 38.8. The number of alkyl halides is 3. The maximum Gasteiger partial charge on any atom is 0.418 e. The van der Waals surface area contributed by atoms with E-state index in [4.69, 9.17) is 11.6 Å². The number of amides is 1. The van der Waals surface area contributed by atoms with Gasteiger partial charge in [-0.2, -0.15) is 13.2 Å². The number of benzene rings is 2. The van der Waals surface area contributed by atoms with Crippen LogP contribution in [0.1, 0.15) is 12.0 Å². The van der Waals surface area contributed by atoms with Crippen molar-refractivity contribution in [3.05, 3.63) is 59.1 Å². The fraction of sp³-hybridized carbons (Fsp3) is 0.188. The van der Waals surface area contributed by atoms with E-state index in [1.54, 1.807) is 0 Å². The molecule has 2 aromatic carbocycles. The van der Waals surface area contributed by atoms with Gasteiger partial charge in [0.1, 0.15) is 0 Å². The van der Waals surface area contributed by atoms with Gasteiger partial charge in [-0.3, -0.25) is 4.79 Å². The van der Waals surface area contributed by atoms with E-state index >= 15 is 0 Å². The Balaban J connectivity index is 1.95. The minimum Gasteiger partial charge on any atom is -0.385 e. The molecule has 0 unspecified atom stereocenters. The lowest BCUT2D eigenvalue weighted by Gasteiger charge is -2.14. The lowest BCUT2D eigenvalue weighted by Crippen LogP contribution is -2.19. The van der Waals surface area contributed by atoms with Crippen molar-refractivity contribution in [1.82, 2.24) is 0 Å². The summed E-state index contributed by atoms with van der Waals surface area (Å²) in [5.41, 5.74) is -0.427. The Kier molecular flexibility index (Phi) is 5.50. The molecule has 0 saturated heterocycles. The Labute approximate surface area is 136 Å². The van der Waals surface area contributed by atoms with Gasteiger partial charge in [0.2, 0.25) is 5.91 Å². The third kappa shape index (κ3) is 5.17. The molecule has 0 atom stereocenters. The molecule has 0 aromatic heterocycles. The number of carbonyl (C=O) groups excluding carboxylic acids is 1. The zero-order chi connectivity index (χ0) is 16.9. The first-order chi connectivity index (χ1) is 10.9. The monoisotopic (exact) mass is 342 g/mol. The Bertz CT molecular complexity index is 675. The van der Waals surface area contributed by atoms with Crippen LogP contribution in [0, 0.1) is 0 Å². The van der Waals surface area contributed by atoms with Gasteiger partial charge in [-0.15, -0.1) is 0 Å². The van der Waals surface area contributed by atoms with Gasteiger partial charge in [-0.25, -0.2) is 0 Å². The zero-order valence-corrected chi connectivity index (χ0v) is 12.7. The summed E-state index contributed by atoms with van der Waals surface area (Å²) in [5, 5.41) is 5.24. The van der Waals surface area contributed by atoms with Gasteiger partial charge in [-0.1, -0.05) is 29.8 Å². The predicted molar refractivity (Wildman–Crippen MR) is 84.6 cm³/mol. The van der Waals surface area contributed by atoms with E-state index in [1.807, 2.05) is 30.3 Å². The van der Waals surface area contributed by atoms with Crippen molar-refractivity contribution in [2.75, 3.05) is 17.2 Å². The molecule has 0 spiro atoms. The topological polar surface area (TPSA) is 41.1 Å². The number of nitrogens with one attached hydrogen (secondary N) is 2. The number of hydrogen-bond donors (Lipinski definition) is 2. The molecule has 0 aliphatic heterocycles. The second-order valence-corrected chi connectivity index (χ2v) is 5.22. The fourth-order valence-corrected chi connectivity index (χ4v) is 2.12. The molecule has 3 nitrogen and oxygen atoms in total. The smallest absolute Gasteiger partial charge is 0.385 e. The number of halogens is 4. The Morgan fingerprint density at radius 3 is 2.43 bits per heavy atom. The summed E-state index contributed by atoms with van der Waals surface area (Å²) in [6.45, 7) is 0.310. The van der Waals surface area contributed by atoms with Gasteiger partial charge >= 0.3 is 6.18 Å². The molecule has 0 aliphatic carbocycles. The average molecular weight is 343 g/mol. The van der Waals surface area contributed by atoms with Crippen molar-refractivity contribution in [3.8, 4) is 0 Å². The highest BCUT2D eigenvalue weighted by Crippen LogP contribution is 2.36. The van der Waals surface area contributed by atoms with Crippen LogP contribution in [0.15, 0.2) is 48.5 Å². The second-order valence-electron chi connectivity index (χ2n) is 4.78. The van der Waals surface area contributed by atoms with Crippen LogP contribution in [0.5, 0.6) is 0 Å². The first-order valence-electron chi connectivity index (χ1n) is 6.82. The van der Waals surface area contributed by atoms with Crippen LogP contribution in [0.25, 0.3) is 0 Å². The number of hydrogen-bond acceptors (Lipinski definition) is 2. The standard InChI is InChI=1S/C16H14ClF3N2O/c17-11-6-7-14(13(10-11)16(18,19)20)22-15(23)8-9-21-12-4-2-1-3-5-12/h1-7,10,21H,8-9H2,(H,22,23). The van der Waals surface area contributed by atoms with E-state index in [2.05, 4.69) is 10.6 Å². The van der Waals surface area contributed by atoms with Gasteiger partial charge in [0.25, 0.3) is 0 Å². The summed E-state index contributed by atoms with van der Waals surface area (Å²) in [7, 11) is 0. The van der Waals surface area contributed by atoms with E-state index < -0.39 is 17.6 Å². The summed E-state index contributed by atoms with van der Waals surface area (Å²) in [5.74, 6) is -0.513. The predicted octanol–water partition coefficient (Wildman–Crippen LogP) is 4.80. The van der Waals surface area contributed by atoms with Gasteiger partial charge < -0.3 is 10.6 Å². The summed E-state index contributed by atoms with van der Waals surface area (Å²) >= 11 is 5.59. The van der Waals surface area contributed by atoms with Crippen molar-refractivity contribution in [2.45, 2.75) is 12.6 Å². The summed E-state index contributed by atoms with van der Waals surface area (Å²) in [6, 6.07) is 12.4. The van der Waals surface area contributed by atoms with Crippen LogP contribution in [-0.4, -0.2) is 12.5 Å². The SMILES string of the molecule is O=C(CCNc1ccccc1)Nc1ccc(Cl)cc1C(F)(F)F. The molecule has 1 amide bonds. The van der Waals surface area contributed by atoms with Crippen LogP contribution in [0.2, 0.25) is 5.02 Å². The number of anilines is 2.